The van der Waals surface area contributed by atoms with E-state index < -0.39 is 11.9 Å². The van der Waals surface area contributed by atoms with Crippen molar-refractivity contribution in [2.45, 2.75) is 6.92 Å². The molecule has 0 spiro atoms. The van der Waals surface area contributed by atoms with Crippen LogP contribution in [0.3, 0.4) is 0 Å². The van der Waals surface area contributed by atoms with Crippen molar-refractivity contribution >= 4 is 39.6 Å². The molecule has 7 heteroatoms. The van der Waals surface area contributed by atoms with Gasteiger partial charge in [-0.1, -0.05) is 15.9 Å². The Kier molecular flexibility index (Phi) is 7.43. The number of benzene rings is 2. The molecule has 2 rings (SSSR count). The first kappa shape index (κ1) is 20.5. The van der Waals surface area contributed by atoms with E-state index in [-0.39, 0.29) is 6.61 Å². The highest BCUT2D eigenvalue weighted by Crippen LogP contribution is 2.25. The lowest BCUT2D eigenvalue weighted by atomic mass is 10.2. The van der Waals surface area contributed by atoms with Crippen molar-refractivity contribution in [2.24, 2.45) is 0 Å². The van der Waals surface area contributed by atoms with E-state index in [9.17, 15) is 9.59 Å². The van der Waals surface area contributed by atoms with E-state index in [4.69, 9.17) is 14.2 Å². The van der Waals surface area contributed by atoms with E-state index in [2.05, 4.69) is 21.2 Å². The van der Waals surface area contributed by atoms with Crippen LogP contribution >= 0.6 is 15.9 Å². The maximum atomic E-state index is 11.9. The summed E-state index contributed by atoms with van der Waals surface area (Å²) in [6, 6.07) is 10.6. The molecule has 6 nitrogen and oxygen atoms in total. The molecule has 27 heavy (non-hydrogen) atoms. The lowest BCUT2D eigenvalue weighted by Gasteiger charge is -2.08. The first-order chi connectivity index (χ1) is 12.9. The number of aryl methyl sites for hydroxylation is 1. The molecule has 0 aliphatic heterocycles. The number of amides is 1. The highest BCUT2D eigenvalue weighted by atomic mass is 79.9. The Bertz CT molecular complexity index is 863. The molecule has 0 saturated carbocycles. The molecular formula is C20H20BrNO5. The zero-order valence-corrected chi connectivity index (χ0v) is 16.8. The zero-order chi connectivity index (χ0) is 19.8. The molecule has 0 heterocycles. The summed E-state index contributed by atoms with van der Waals surface area (Å²) in [6.45, 7) is 1.54. The Labute approximate surface area is 166 Å². The third kappa shape index (κ3) is 6.14. The number of carbonyl (C=O) groups is 2. The van der Waals surface area contributed by atoms with Crippen LogP contribution in [0.25, 0.3) is 6.08 Å². The number of hydrogen-bond acceptors (Lipinski definition) is 5. The second kappa shape index (κ2) is 9.78. The van der Waals surface area contributed by atoms with Crippen LogP contribution in [0.15, 0.2) is 46.9 Å². The molecule has 0 bridgehead atoms. The van der Waals surface area contributed by atoms with Gasteiger partial charge in [0.05, 0.1) is 14.2 Å². The number of esters is 1. The summed E-state index contributed by atoms with van der Waals surface area (Å²) in [5.41, 5.74) is 2.31. The fourth-order valence-electron chi connectivity index (χ4n) is 2.22. The minimum Gasteiger partial charge on any atom is -0.497 e. The Morgan fingerprint density at radius 3 is 2.56 bits per heavy atom. The zero-order valence-electron chi connectivity index (χ0n) is 15.2. The van der Waals surface area contributed by atoms with Gasteiger partial charge in [-0.3, -0.25) is 4.79 Å². The van der Waals surface area contributed by atoms with E-state index in [0.717, 1.165) is 10.0 Å². The minimum atomic E-state index is -0.630. The van der Waals surface area contributed by atoms with Gasteiger partial charge in [0.1, 0.15) is 11.5 Å². The van der Waals surface area contributed by atoms with Crippen molar-refractivity contribution in [2.75, 3.05) is 26.1 Å². The quantitative estimate of drug-likeness (QED) is 0.528. The van der Waals surface area contributed by atoms with Crippen LogP contribution < -0.4 is 14.8 Å². The standard InChI is InChI=1S/C20H20BrNO5/c1-13-10-15(6-8-17(13)21)22-19(23)12-27-20(24)9-5-14-4-7-16(25-2)11-18(14)26-3/h4-11H,12H2,1-3H3,(H,22,23)/b9-5+. The molecule has 0 unspecified atom stereocenters. The molecule has 1 amide bonds. The summed E-state index contributed by atoms with van der Waals surface area (Å²) >= 11 is 3.39. The molecule has 0 saturated heterocycles. The van der Waals surface area contributed by atoms with Gasteiger partial charge in [0, 0.05) is 27.9 Å². The van der Waals surface area contributed by atoms with Crippen molar-refractivity contribution < 1.29 is 23.8 Å². The first-order valence-corrected chi connectivity index (χ1v) is 8.85. The molecule has 0 fully saturated rings. The summed E-state index contributed by atoms with van der Waals surface area (Å²) < 4.78 is 16.3. The van der Waals surface area contributed by atoms with Crippen molar-refractivity contribution in [3.8, 4) is 11.5 Å². The summed E-state index contributed by atoms with van der Waals surface area (Å²) in [5, 5.41) is 2.68. The van der Waals surface area contributed by atoms with Gasteiger partial charge in [-0.2, -0.15) is 0 Å². The second-order valence-electron chi connectivity index (χ2n) is 5.56. The minimum absolute atomic E-state index is 0.377. The number of halogens is 1. The van der Waals surface area contributed by atoms with Crippen molar-refractivity contribution in [3.05, 3.63) is 58.1 Å². The fourth-order valence-corrected chi connectivity index (χ4v) is 2.46. The number of carbonyl (C=O) groups excluding carboxylic acids is 2. The van der Waals surface area contributed by atoms with E-state index in [0.29, 0.717) is 22.7 Å². The van der Waals surface area contributed by atoms with E-state index in [1.54, 1.807) is 37.5 Å². The summed E-state index contributed by atoms with van der Waals surface area (Å²) in [4.78, 5) is 23.7. The van der Waals surface area contributed by atoms with Gasteiger partial charge in [0.15, 0.2) is 6.61 Å². The van der Waals surface area contributed by atoms with Gasteiger partial charge in [0.2, 0.25) is 0 Å². The SMILES string of the molecule is COc1ccc(/C=C/C(=O)OCC(=O)Nc2ccc(Br)c(C)c2)c(OC)c1. The molecule has 2 aromatic rings. The summed E-state index contributed by atoms with van der Waals surface area (Å²) in [7, 11) is 3.08. The average molecular weight is 434 g/mol. The number of anilines is 1. The van der Waals surface area contributed by atoms with Gasteiger partial charge >= 0.3 is 5.97 Å². The van der Waals surface area contributed by atoms with Crippen LogP contribution in [-0.2, 0) is 14.3 Å². The summed E-state index contributed by atoms with van der Waals surface area (Å²) in [6.07, 6.45) is 2.79. The smallest absolute Gasteiger partial charge is 0.331 e. The van der Waals surface area contributed by atoms with E-state index >= 15 is 0 Å². The molecule has 0 atom stereocenters. The maximum absolute atomic E-state index is 11.9. The van der Waals surface area contributed by atoms with Crippen LogP contribution in [0.4, 0.5) is 5.69 Å². The maximum Gasteiger partial charge on any atom is 0.331 e. The van der Waals surface area contributed by atoms with Crippen molar-refractivity contribution in [1.29, 1.82) is 0 Å². The lowest BCUT2D eigenvalue weighted by Crippen LogP contribution is -2.20. The van der Waals surface area contributed by atoms with Crippen LogP contribution in [0.1, 0.15) is 11.1 Å². The highest BCUT2D eigenvalue weighted by Gasteiger charge is 2.08. The molecule has 0 aliphatic rings. The fraction of sp³-hybridized carbons (Fsp3) is 0.200. The Morgan fingerprint density at radius 1 is 1.11 bits per heavy atom. The number of hydrogen-bond donors (Lipinski definition) is 1. The average Bonchev–Trinajstić information content (AvgIpc) is 2.67. The first-order valence-electron chi connectivity index (χ1n) is 8.06. The van der Waals surface area contributed by atoms with Gasteiger partial charge in [-0.05, 0) is 48.9 Å². The van der Waals surface area contributed by atoms with E-state index in [1.807, 2.05) is 19.1 Å². The molecule has 0 aromatic heterocycles. The predicted molar refractivity (Wildman–Crippen MR) is 107 cm³/mol. The number of nitrogens with one attached hydrogen (secondary N) is 1. The Balaban J connectivity index is 1.89. The molecular weight excluding hydrogens is 414 g/mol. The molecule has 0 aliphatic carbocycles. The topological polar surface area (TPSA) is 73.9 Å². The molecule has 0 radical (unpaired) electrons. The van der Waals surface area contributed by atoms with Crippen LogP contribution in [0, 0.1) is 6.92 Å². The van der Waals surface area contributed by atoms with Crippen molar-refractivity contribution in [1.82, 2.24) is 0 Å². The normalized spacial score (nSPS) is 10.5. The predicted octanol–water partition coefficient (Wildman–Crippen LogP) is 3.97. The van der Waals surface area contributed by atoms with Crippen LogP contribution in [-0.4, -0.2) is 32.7 Å². The van der Waals surface area contributed by atoms with Gasteiger partial charge in [-0.25, -0.2) is 4.79 Å². The third-order valence-electron chi connectivity index (χ3n) is 3.63. The molecule has 2 aromatic carbocycles. The molecule has 142 valence electrons. The number of ether oxygens (including phenoxy) is 3. The highest BCUT2D eigenvalue weighted by molar-refractivity contribution is 9.10. The van der Waals surface area contributed by atoms with Crippen LogP contribution in [0.5, 0.6) is 11.5 Å². The number of methoxy groups -OCH3 is 2. The van der Waals surface area contributed by atoms with Crippen molar-refractivity contribution in [3.63, 3.8) is 0 Å². The number of rotatable bonds is 7. The molecule has 1 N–H and O–H groups in total. The third-order valence-corrected chi connectivity index (χ3v) is 4.52. The second-order valence-corrected chi connectivity index (χ2v) is 6.42. The van der Waals surface area contributed by atoms with Gasteiger partial charge in [-0.15, -0.1) is 0 Å². The lowest BCUT2D eigenvalue weighted by molar-refractivity contribution is -0.142. The van der Waals surface area contributed by atoms with Gasteiger partial charge < -0.3 is 19.5 Å². The summed E-state index contributed by atoms with van der Waals surface area (Å²) in [5.74, 6) is 0.156. The Morgan fingerprint density at radius 2 is 1.89 bits per heavy atom. The van der Waals surface area contributed by atoms with Gasteiger partial charge in [0.25, 0.3) is 5.91 Å². The van der Waals surface area contributed by atoms with E-state index in [1.165, 1.54) is 13.2 Å². The monoisotopic (exact) mass is 433 g/mol. The van der Waals surface area contributed by atoms with Crippen LogP contribution in [0.2, 0.25) is 0 Å². The largest absolute Gasteiger partial charge is 0.497 e. The Hall–Kier alpha value is -2.80.